The van der Waals surface area contributed by atoms with Crippen LogP contribution in [-0.2, 0) is 9.53 Å². The van der Waals surface area contributed by atoms with Crippen molar-refractivity contribution in [2.24, 2.45) is 0 Å². The first-order chi connectivity index (χ1) is 16.7. The summed E-state index contributed by atoms with van der Waals surface area (Å²) in [6.45, 7) is 10.3. The lowest BCUT2D eigenvalue weighted by Gasteiger charge is -2.34. The topological polar surface area (TPSA) is 109 Å². The lowest BCUT2D eigenvalue weighted by molar-refractivity contribution is -0.129. The van der Waals surface area contributed by atoms with Crippen LogP contribution < -0.4 is 5.32 Å². The number of amides is 1. The minimum Gasteiger partial charge on any atom is -0.462 e. The standard InChI is InChI=1S/C26H31N5O4/c1-6-35-26(34)21-15(2)23(28-16(21)3)20(32)14-30-13-12-27-25(33)24(30)22-17(4)29-31(18(22)5)19-10-8-7-9-11-19/h7-11,24,28H,6,12-14H2,1-5H3,(H,27,33). The molecular weight excluding hydrogens is 446 g/mol. The summed E-state index contributed by atoms with van der Waals surface area (Å²) >= 11 is 0. The molecule has 1 atom stereocenters. The van der Waals surface area contributed by atoms with E-state index in [9.17, 15) is 14.4 Å². The fraction of sp³-hybridized carbons (Fsp3) is 0.385. The van der Waals surface area contributed by atoms with E-state index in [1.165, 1.54) is 0 Å². The number of H-pyrrole nitrogens is 1. The van der Waals surface area contributed by atoms with Gasteiger partial charge in [-0.3, -0.25) is 14.5 Å². The van der Waals surface area contributed by atoms with Crippen LogP contribution in [0.1, 0.15) is 62.0 Å². The van der Waals surface area contributed by atoms with Gasteiger partial charge in [0.25, 0.3) is 0 Å². The highest BCUT2D eigenvalue weighted by molar-refractivity contribution is 6.02. The number of nitrogens with one attached hydrogen (secondary N) is 2. The molecule has 184 valence electrons. The van der Waals surface area contributed by atoms with Gasteiger partial charge in [0.05, 0.1) is 35.8 Å². The number of hydrogen-bond donors (Lipinski definition) is 2. The summed E-state index contributed by atoms with van der Waals surface area (Å²) in [5.41, 5.74) is 5.20. The first-order valence-corrected chi connectivity index (χ1v) is 11.8. The van der Waals surface area contributed by atoms with E-state index in [-0.39, 0.29) is 24.8 Å². The highest BCUT2D eigenvalue weighted by Gasteiger charge is 2.37. The maximum Gasteiger partial charge on any atom is 0.340 e. The Labute approximate surface area is 204 Å². The first-order valence-electron chi connectivity index (χ1n) is 11.8. The zero-order chi connectivity index (χ0) is 25.3. The Morgan fingerprint density at radius 2 is 1.86 bits per heavy atom. The zero-order valence-corrected chi connectivity index (χ0v) is 20.8. The van der Waals surface area contributed by atoms with Crippen LogP contribution in [0.5, 0.6) is 0 Å². The third-order valence-corrected chi connectivity index (χ3v) is 6.48. The van der Waals surface area contributed by atoms with Crippen molar-refractivity contribution >= 4 is 17.7 Å². The van der Waals surface area contributed by atoms with E-state index in [1.807, 2.05) is 53.8 Å². The number of piperazine rings is 1. The highest BCUT2D eigenvalue weighted by Crippen LogP contribution is 2.31. The number of aromatic nitrogens is 3. The molecule has 0 spiro atoms. The number of ketones is 1. The van der Waals surface area contributed by atoms with Crippen LogP contribution in [-0.4, -0.2) is 63.6 Å². The third-order valence-electron chi connectivity index (χ3n) is 6.48. The summed E-state index contributed by atoms with van der Waals surface area (Å²) in [7, 11) is 0. The van der Waals surface area contributed by atoms with E-state index < -0.39 is 12.0 Å². The van der Waals surface area contributed by atoms with Gasteiger partial charge < -0.3 is 15.0 Å². The molecule has 1 amide bonds. The molecule has 9 nitrogen and oxygen atoms in total. The van der Waals surface area contributed by atoms with Gasteiger partial charge in [-0.2, -0.15) is 5.10 Å². The van der Waals surface area contributed by atoms with Gasteiger partial charge in [0.1, 0.15) is 6.04 Å². The van der Waals surface area contributed by atoms with Crippen molar-refractivity contribution in [2.45, 2.75) is 40.7 Å². The predicted octanol–water partition coefficient (Wildman–Crippen LogP) is 2.97. The molecule has 1 unspecified atom stereocenters. The van der Waals surface area contributed by atoms with Gasteiger partial charge in [0.15, 0.2) is 5.78 Å². The van der Waals surface area contributed by atoms with E-state index in [1.54, 1.807) is 20.8 Å². The summed E-state index contributed by atoms with van der Waals surface area (Å²) in [5, 5.41) is 7.63. The molecule has 1 saturated heterocycles. The Morgan fingerprint density at radius 3 is 2.54 bits per heavy atom. The van der Waals surface area contributed by atoms with Gasteiger partial charge in [-0.25, -0.2) is 9.48 Å². The fourth-order valence-corrected chi connectivity index (χ4v) is 4.87. The van der Waals surface area contributed by atoms with E-state index >= 15 is 0 Å². The highest BCUT2D eigenvalue weighted by atomic mass is 16.5. The Balaban J connectivity index is 1.66. The minimum absolute atomic E-state index is 0.0243. The molecule has 4 rings (SSSR count). The van der Waals surface area contributed by atoms with Crippen molar-refractivity contribution in [1.29, 1.82) is 0 Å². The maximum absolute atomic E-state index is 13.4. The molecule has 1 aliphatic heterocycles. The SMILES string of the molecule is CCOC(=O)c1c(C)[nH]c(C(=O)CN2CCNC(=O)C2c2c(C)nn(-c3ccccc3)c2C)c1C. The van der Waals surface area contributed by atoms with Gasteiger partial charge in [0.2, 0.25) is 5.91 Å². The third kappa shape index (κ3) is 4.51. The van der Waals surface area contributed by atoms with Gasteiger partial charge in [-0.15, -0.1) is 0 Å². The van der Waals surface area contributed by atoms with Gasteiger partial charge in [0, 0.05) is 30.0 Å². The Bertz CT molecular complexity index is 1270. The Kier molecular flexibility index (Phi) is 6.88. The van der Waals surface area contributed by atoms with Crippen molar-refractivity contribution in [1.82, 2.24) is 25.0 Å². The lowest BCUT2D eigenvalue weighted by Crippen LogP contribution is -2.51. The van der Waals surface area contributed by atoms with Gasteiger partial charge >= 0.3 is 5.97 Å². The van der Waals surface area contributed by atoms with Crippen molar-refractivity contribution in [3.8, 4) is 5.69 Å². The molecule has 9 heteroatoms. The van der Waals surface area contributed by atoms with E-state index in [2.05, 4.69) is 10.3 Å². The van der Waals surface area contributed by atoms with Gasteiger partial charge in [-0.1, -0.05) is 18.2 Å². The normalized spacial score (nSPS) is 16.3. The molecule has 0 aliphatic carbocycles. The van der Waals surface area contributed by atoms with Crippen molar-refractivity contribution in [2.75, 3.05) is 26.2 Å². The summed E-state index contributed by atoms with van der Waals surface area (Å²) in [4.78, 5) is 43.8. The number of rotatable bonds is 7. The molecule has 2 aromatic heterocycles. The van der Waals surface area contributed by atoms with Crippen LogP contribution >= 0.6 is 0 Å². The molecule has 3 aromatic rings. The van der Waals surface area contributed by atoms with E-state index in [4.69, 9.17) is 9.84 Å². The first kappa shape index (κ1) is 24.4. The monoisotopic (exact) mass is 477 g/mol. The smallest absolute Gasteiger partial charge is 0.340 e. The maximum atomic E-state index is 13.4. The number of ether oxygens (including phenoxy) is 1. The number of nitrogens with zero attached hydrogens (tertiary/aromatic N) is 3. The van der Waals surface area contributed by atoms with Crippen LogP contribution in [0.4, 0.5) is 0 Å². The lowest BCUT2D eigenvalue weighted by atomic mass is 9.99. The quantitative estimate of drug-likeness (QED) is 0.400. The summed E-state index contributed by atoms with van der Waals surface area (Å²) < 4.78 is 6.97. The zero-order valence-electron chi connectivity index (χ0n) is 20.8. The number of aromatic amines is 1. The number of esters is 1. The van der Waals surface area contributed by atoms with Crippen molar-refractivity contribution < 1.29 is 19.1 Å². The molecule has 1 fully saturated rings. The molecule has 0 saturated carbocycles. The number of carbonyl (C=O) groups is 3. The summed E-state index contributed by atoms with van der Waals surface area (Å²) in [6.07, 6.45) is 0. The summed E-state index contributed by atoms with van der Waals surface area (Å²) in [5.74, 6) is -0.798. The van der Waals surface area contributed by atoms with Crippen LogP contribution in [0.3, 0.4) is 0 Å². The largest absolute Gasteiger partial charge is 0.462 e. The van der Waals surface area contributed by atoms with Gasteiger partial charge in [-0.05, 0) is 52.3 Å². The van der Waals surface area contributed by atoms with Crippen molar-refractivity contribution in [3.63, 3.8) is 0 Å². The molecule has 2 N–H and O–H groups in total. The predicted molar refractivity (Wildman–Crippen MR) is 131 cm³/mol. The number of para-hydroxylation sites is 1. The van der Waals surface area contributed by atoms with Crippen LogP contribution in [0.15, 0.2) is 30.3 Å². The molecule has 0 radical (unpaired) electrons. The average molecular weight is 478 g/mol. The fourth-order valence-electron chi connectivity index (χ4n) is 4.87. The number of benzene rings is 1. The molecule has 1 aliphatic rings. The van der Waals surface area contributed by atoms with Crippen molar-refractivity contribution in [3.05, 3.63) is 69.8 Å². The number of Topliss-reactive ketones (excluding diaryl/α,β-unsaturated/α-hetero) is 1. The van der Waals surface area contributed by atoms with Crippen LogP contribution in [0.2, 0.25) is 0 Å². The van der Waals surface area contributed by atoms with Crippen LogP contribution in [0.25, 0.3) is 5.69 Å². The number of aryl methyl sites for hydroxylation is 2. The van der Waals surface area contributed by atoms with Crippen LogP contribution in [0, 0.1) is 27.7 Å². The van der Waals surface area contributed by atoms with E-state index in [0.29, 0.717) is 35.6 Å². The summed E-state index contributed by atoms with van der Waals surface area (Å²) in [6, 6.07) is 9.09. The average Bonchev–Trinajstić information content (AvgIpc) is 3.29. The molecule has 35 heavy (non-hydrogen) atoms. The minimum atomic E-state index is -0.647. The Morgan fingerprint density at radius 1 is 1.14 bits per heavy atom. The number of hydrogen-bond acceptors (Lipinski definition) is 6. The van der Waals surface area contributed by atoms with E-state index in [0.717, 1.165) is 22.6 Å². The second-order valence-electron chi connectivity index (χ2n) is 8.76. The number of carbonyl (C=O) groups excluding carboxylic acids is 3. The molecule has 3 heterocycles. The molecular formula is C26H31N5O4. The molecule has 0 bridgehead atoms. The molecule has 1 aromatic carbocycles. The second kappa shape index (κ2) is 9.87. The second-order valence-corrected chi connectivity index (χ2v) is 8.76. The Hall–Kier alpha value is -3.72.